The molecule has 5 nitrogen and oxygen atoms in total. The molecule has 5 heterocycles. The van der Waals surface area contributed by atoms with Crippen molar-refractivity contribution in [3.63, 3.8) is 0 Å². The minimum absolute atomic E-state index is 0.0376. The van der Waals surface area contributed by atoms with Gasteiger partial charge < -0.3 is 9.47 Å². The van der Waals surface area contributed by atoms with Gasteiger partial charge in [0.1, 0.15) is 11.9 Å². The highest BCUT2D eigenvalue weighted by Crippen LogP contribution is 2.37. The lowest BCUT2D eigenvalue weighted by atomic mass is 9.84. The molecule has 3 aromatic heterocycles. The Hall–Kier alpha value is -2.79. The third kappa shape index (κ3) is 3.27. The summed E-state index contributed by atoms with van der Waals surface area (Å²) < 4.78 is 11.9. The van der Waals surface area contributed by atoms with Crippen LogP contribution in [0.1, 0.15) is 64.3 Å². The monoisotopic (exact) mass is 399 g/mol. The van der Waals surface area contributed by atoms with Crippen molar-refractivity contribution >= 4 is 0 Å². The number of hydrogen-bond donors (Lipinski definition) is 0. The molecule has 6 rings (SSSR count). The van der Waals surface area contributed by atoms with Crippen molar-refractivity contribution < 1.29 is 9.47 Å². The van der Waals surface area contributed by atoms with Crippen molar-refractivity contribution in [2.45, 2.75) is 57.2 Å². The molecule has 0 spiro atoms. The lowest BCUT2D eigenvalue weighted by Gasteiger charge is -2.28. The summed E-state index contributed by atoms with van der Waals surface area (Å²) >= 11 is 0. The summed E-state index contributed by atoms with van der Waals surface area (Å²) in [6.45, 7) is 1.42. The van der Waals surface area contributed by atoms with Crippen molar-refractivity contribution in [3.8, 4) is 5.75 Å². The van der Waals surface area contributed by atoms with E-state index in [9.17, 15) is 0 Å². The highest BCUT2D eigenvalue weighted by atomic mass is 16.5. The Morgan fingerprint density at radius 2 is 1.90 bits per heavy atom. The van der Waals surface area contributed by atoms with Crippen LogP contribution in [0.5, 0.6) is 5.75 Å². The van der Waals surface area contributed by atoms with E-state index < -0.39 is 0 Å². The van der Waals surface area contributed by atoms with Gasteiger partial charge in [0.15, 0.2) is 0 Å². The Kier molecular flexibility index (Phi) is 4.49. The van der Waals surface area contributed by atoms with Crippen LogP contribution >= 0.6 is 0 Å². The predicted octanol–water partition coefficient (Wildman–Crippen LogP) is 4.28. The fourth-order valence-electron chi connectivity index (χ4n) is 4.97. The van der Waals surface area contributed by atoms with Gasteiger partial charge in [-0.3, -0.25) is 15.0 Å². The molecule has 0 N–H and O–H groups in total. The molecule has 3 aromatic rings. The van der Waals surface area contributed by atoms with Crippen molar-refractivity contribution in [3.05, 3.63) is 82.2 Å². The number of aryl methyl sites for hydroxylation is 2. The van der Waals surface area contributed by atoms with Crippen LogP contribution < -0.4 is 4.74 Å². The standard InChI is InChI=1S/C25H25N3O2/c1-2-16-3-4-17(13-23(16)26-10-1)21-5-8-25-22(28-21)6-7-24(30-25)18-12-19-15-29-11-9-20(19)27-14-18/h1-2,5,8,10,12,14,17,24H,3-4,6-7,9,11,13,15H2. The van der Waals surface area contributed by atoms with Crippen LogP contribution in [0.4, 0.5) is 0 Å². The van der Waals surface area contributed by atoms with Gasteiger partial charge in [0.25, 0.3) is 0 Å². The van der Waals surface area contributed by atoms with Crippen LogP contribution in [0.15, 0.2) is 42.7 Å². The smallest absolute Gasteiger partial charge is 0.141 e. The topological polar surface area (TPSA) is 57.1 Å². The van der Waals surface area contributed by atoms with Gasteiger partial charge in [-0.05, 0) is 67.5 Å². The average Bonchev–Trinajstić information content (AvgIpc) is 2.83. The molecule has 2 aliphatic heterocycles. The van der Waals surface area contributed by atoms with Crippen LogP contribution in [0.25, 0.3) is 0 Å². The van der Waals surface area contributed by atoms with Gasteiger partial charge in [-0.2, -0.15) is 0 Å². The molecule has 0 fully saturated rings. The predicted molar refractivity (Wildman–Crippen MR) is 113 cm³/mol. The third-order valence-corrected chi connectivity index (χ3v) is 6.66. The van der Waals surface area contributed by atoms with E-state index in [1.54, 1.807) is 0 Å². The van der Waals surface area contributed by atoms with Crippen LogP contribution in [0.3, 0.4) is 0 Å². The molecule has 2 atom stereocenters. The van der Waals surface area contributed by atoms with Gasteiger partial charge in [-0.15, -0.1) is 0 Å². The lowest BCUT2D eigenvalue weighted by molar-refractivity contribution is 0.108. The summed E-state index contributed by atoms with van der Waals surface area (Å²) in [5.41, 5.74) is 8.40. The number of ether oxygens (including phenoxy) is 2. The fourth-order valence-corrected chi connectivity index (χ4v) is 4.97. The first-order chi connectivity index (χ1) is 14.8. The van der Waals surface area contributed by atoms with E-state index in [2.05, 4.69) is 34.2 Å². The number of fused-ring (bicyclic) bond motifs is 3. The minimum atomic E-state index is 0.0376. The number of pyridine rings is 3. The minimum Gasteiger partial charge on any atom is -0.484 e. The summed E-state index contributed by atoms with van der Waals surface area (Å²) in [6, 6.07) is 10.7. The normalized spacial score (nSPS) is 22.4. The highest BCUT2D eigenvalue weighted by Gasteiger charge is 2.27. The van der Waals surface area contributed by atoms with Crippen LogP contribution in [-0.2, 0) is 37.0 Å². The lowest BCUT2D eigenvalue weighted by Crippen LogP contribution is -2.20. The Morgan fingerprint density at radius 3 is 2.90 bits per heavy atom. The molecule has 2 unspecified atom stereocenters. The van der Waals surface area contributed by atoms with E-state index in [1.807, 2.05) is 18.5 Å². The number of hydrogen-bond acceptors (Lipinski definition) is 5. The Morgan fingerprint density at radius 1 is 0.900 bits per heavy atom. The molecule has 152 valence electrons. The van der Waals surface area contributed by atoms with Crippen LogP contribution in [0.2, 0.25) is 0 Å². The first-order valence-electron chi connectivity index (χ1n) is 11.0. The summed E-state index contributed by atoms with van der Waals surface area (Å²) in [5, 5.41) is 0. The molecule has 0 amide bonds. The van der Waals surface area contributed by atoms with Crippen LogP contribution in [-0.4, -0.2) is 21.6 Å². The molecule has 0 saturated carbocycles. The molecular formula is C25H25N3O2. The Balaban J connectivity index is 1.21. The van der Waals surface area contributed by atoms with Crippen molar-refractivity contribution in [1.82, 2.24) is 15.0 Å². The second-order valence-electron chi connectivity index (χ2n) is 8.55. The van der Waals surface area contributed by atoms with Gasteiger partial charge >= 0.3 is 0 Å². The van der Waals surface area contributed by atoms with E-state index in [0.717, 1.165) is 67.8 Å². The first-order valence-corrected chi connectivity index (χ1v) is 11.0. The second kappa shape index (κ2) is 7.47. The quantitative estimate of drug-likeness (QED) is 0.644. The second-order valence-corrected chi connectivity index (χ2v) is 8.55. The molecule has 1 aliphatic carbocycles. The molecule has 5 heteroatoms. The highest BCUT2D eigenvalue weighted by molar-refractivity contribution is 5.36. The number of nitrogens with zero attached hydrogens (tertiary/aromatic N) is 3. The summed E-state index contributed by atoms with van der Waals surface area (Å²) in [5.74, 6) is 1.36. The maximum atomic E-state index is 6.35. The molecule has 0 aromatic carbocycles. The molecular weight excluding hydrogens is 374 g/mol. The largest absolute Gasteiger partial charge is 0.484 e. The van der Waals surface area contributed by atoms with E-state index >= 15 is 0 Å². The van der Waals surface area contributed by atoms with E-state index in [0.29, 0.717) is 12.5 Å². The molecule has 0 radical (unpaired) electrons. The number of aromatic nitrogens is 3. The van der Waals surface area contributed by atoms with Crippen molar-refractivity contribution in [2.75, 3.05) is 6.61 Å². The molecule has 0 saturated heterocycles. The van der Waals surface area contributed by atoms with E-state index in [1.165, 1.54) is 22.5 Å². The van der Waals surface area contributed by atoms with Gasteiger partial charge in [-0.25, -0.2) is 0 Å². The Labute approximate surface area is 176 Å². The van der Waals surface area contributed by atoms with E-state index in [-0.39, 0.29) is 6.10 Å². The summed E-state index contributed by atoms with van der Waals surface area (Å²) in [4.78, 5) is 14.3. The molecule has 30 heavy (non-hydrogen) atoms. The van der Waals surface area contributed by atoms with Gasteiger partial charge in [0.05, 0.1) is 18.9 Å². The van der Waals surface area contributed by atoms with Crippen molar-refractivity contribution in [2.24, 2.45) is 0 Å². The number of rotatable bonds is 2. The zero-order valence-electron chi connectivity index (χ0n) is 17.0. The van der Waals surface area contributed by atoms with E-state index in [4.69, 9.17) is 14.5 Å². The molecule has 0 bridgehead atoms. The Bertz CT molecular complexity index is 1100. The third-order valence-electron chi connectivity index (χ3n) is 6.66. The summed E-state index contributed by atoms with van der Waals surface area (Å²) in [7, 11) is 0. The van der Waals surface area contributed by atoms with Gasteiger partial charge in [0.2, 0.25) is 0 Å². The zero-order valence-corrected chi connectivity index (χ0v) is 17.0. The molecule has 3 aliphatic rings. The van der Waals surface area contributed by atoms with Crippen molar-refractivity contribution in [1.29, 1.82) is 0 Å². The maximum absolute atomic E-state index is 6.35. The summed E-state index contributed by atoms with van der Waals surface area (Å²) in [6.07, 6.45) is 9.88. The van der Waals surface area contributed by atoms with Gasteiger partial charge in [0, 0.05) is 47.4 Å². The SMILES string of the molecule is c1cnc2c(c1)CCC(c1ccc3c(n1)CCC(c1cnc4c(c1)COCC4)O3)C2. The first kappa shape index (κ1) is 18.0. The van der Waals surface area contributed by atoms with Crippen LogP contribution in [0, 0.1) is 0 Å². The average molecular weight is 399 g/mol. The van der Waals surface area contributed by atoms with Gasteiger partial charge in [-0.1, -0.05) is 6.07 Å². The fraction of sp³-hybridized carbons (Fsp3) is 0.400. The zero-order chi connectivity index (χ0) is 19.9. The maximum Gasteiger partial charge on any atom is 0.141 e.